The second-order valence-corrected chi connectivity index (χ2v) is 7.04. The molecule has 0 amide bonds. The number of hydrogen-bond donors (Lipinski definition) is 1. The van der Waals surface area contributed by atoms with Crippen molar-refractivity contribution in [1.82, 2.24) is 9.21 Å². The highest BCUT2D eigenvalue weighted by molar-refractivity contribution is 7.89. The van der Waals surface area contributed by atoms with E-state index in [9.17, 15) is 13.2 Å². The molecule has 1 aromatic carbocycles. The van der Waals surface area contributed by atoms with Crippen LogP contribution in [0.15, 0.2) is 29.2 Å². The fraction of sp³-hybridized carbons (Fsp3) is 0.500. The van der Waals surface area contributed by atoms with Gasteiger partial charge in [0.15, 0.2) is 0 Å². The molecule has 1 aliphatic rings. The molecule has 0 unspecified atom stereocenters. The Kier molecular flexibility index (Phi) is 5.38. The zero-order chi connectivity index (χ0) is 16.2. The zero-order valence-electron chi connectivity index (χ0n) is 12.4. The number of hydrogen-bond acceptors (Lipinski definition) is 5. The van der Waals surface area contributed by atoms with Gasteiger partial charge in [-0.3, -0.25) is 9.69 Å². The summed E-state index contributed by atoms with van der Waals surface area (Å²) in [7, 11) is -2.04. The van der Waals surface area contributed by atoms with Crippen LogP contribution in [0.2, 0.25) is 0 Å². The number of ether oxygens (including phenoxy) is 1. The van der Waals surface area contributed by atoms with Gasteiger partial charge in [0.2, 0.25) is 10.0 Å². The van der Waals surface area contributed by atoms with Crippen LogP contribution < -0.4 is 4.74 Å². The number of aliphatic carboxylic acids is 1. The number of nitrogens with zero attached hydrogens (tertiary/aromatic N) is 2. The summed E-state index contributed by atoms with van der Waals surface area (Å²) in [5, 5.41) is 8.83. The molecule has 2 rings (SSSR count). The maximum atomic E-state index is 12.6. The third-order valence-corrected chi connectivity index (χ3v) is 5.52. The van der Waals surface area contributed by atoms with Gasteiger partial charge in [-0.05, 0) is 30.7 Å². The zero-order valence-corrected chi connectivity index (χ0v) is 13.3. The highest BCUT2D eigenvalue weighted by Crippen LogP contribution is 2.20. The van der Waals surface area contributed by atoms with Crippen molar-refractivity contribution in [3.63, 3.8) is 0 Å². The molecule has 1 saturated heterocycles. The van der Waals surface area contributed by atoms with Crippen molar-refractivity contribution in [2.75, 3.05) is 39.8 Å². The molecule has 8 heteroatoms. The van der Waals surface area contributed by atoms with Crippen LogP contribution >= 0.6 is 0 Å². The van der Waals surface area contributed by atoms with E-state index in [1.807, 2.05) is 0 Å². The van der Waals surface area contributed by atoms with Gasteiger partial charge in [-0.1, -0.05) is 0 Å². The van der Waals surface area contributed by atoms with Crippen molar-refractivity contribution in [2.45, 2.75) is 11.3 Å². The summed E-state index contributed by atoms with van der Waals surface area (Å²) in [5.41, 5.74) is 0. The molecule has 1 fully saturated rings. The second kappa shape index (κ2) is 7.08. The minimum Gasteiger partial charge on any atom is -0.497 e. The predicted molar refractivity (Wildman–Crippen MR) is 80.4 cm³/mol. The minimum atomic E-state index is -3.56. The van der Waals surface area contributed by atoms with Crippen molar-refractivity contribution in [2.24, 2.45) is 0 Å². The molecule has 0 spiro atoms. The largest absolute Gasteiger partial charge is 0.497 e. The SMILES string of the molecule is COc1ccc(S(=O)(=O)N2CCCN(CC(=O)O)CC2)cc1. The molecule has 1 N–H and O–H groups in total. The number of carboxylic acids is 1. The van der Waals surface area contributed by atoms with Gasteiger partial charge in [-0.2, -0.15) is 4.31 Å². The minimum absolute atomic E-state index is 0.0591. The number of sulfonamides is 1. The highest BCUT2D eigenvalue weighted by atomic mass is 32.2. The lowest BCUT2D eigenvalue weighted by atomic mass is 10.3. The van der Waals surface area contributed by atoms with Crippen molar-refractivity contribution < 1.29 is 23.1 Å². The van der Waals surface area contributed by atoms with E-state index < -0.39 is 16.0 Å². The summed E-state index contributed by atoms with van der Waals surface area (Å²) in [6, 6.07) is 6.27. The Morgan fingerprint density at radius 1 is 1.18 bits per heavy atom. The van der Waals surface area contributed by atoms with Gasteiger partial charge in [0, 0.05) is 26.2 Å². The molecule has 7 nitrogen and oxygen atoms in total. The van der Waals surface area contributed by atoms with Gasteiger partial charge in [0.25, 0.3) is 0 Å². The van der Waals surface area contributed by atoms with Crippen molar-refractivity contribution in [3.8, 4) is 5.75 Å². The highest BCUT2D eigenvalue weighted by Gasteiger charge is 2.27. The van der Waals surface area contributed by atoms with E-state index in [2.05, 4.69) is 0 Å². The maximum Gasteiger partial charge on any atom is 0.317 e. The Morgan fingerprint density at radius 2 is 1.86 bits per heavy atom. The van der Waals surface area contributed by atoms with Crippen LogP contribution in [0.5, 0.6) is 5.75 Å². The van der Waals surface area contributed by atoms with E-state index in [-0.39, 0.29) is 11.4 Å². The fourth-order valence-electron chi connectivity index (χ4n) is 2.43. The van der Waals surface area contributed by atoms with Gasteiger partial charge in [0.05, 0.1) is 18.6 Å². The molecule has 0 radical (unpaired) electrons. The van der Waals surface area contributed by atoms with Crippen LogP contribution in [0, 0.1) is 0 Å². The second-order valence-electron chi connectivity index (χ2n) is 5.10. The summed E-state index contributed by atoms with van der Waals surface area (Å²) in [6.07, 6.45) is 0.614. The van der Waals surface area contributed by atoms with Gasteiger partial charge < -0.3 is 9.84 Å². The van der Waals surface area contributed by atoms with Crippen LogP contribution in [0.3, 0.4) is 0 Å². The lowest BCUT2D eigenvalue weighted by molar-refractivity contribution is -0.138. The average molecular weight is 328 g/mol. The fourth-order valence-corrected chi connectivity index (χ4v) is 3.90. The number of methoxy groups -OCH3 is 1. The molecule has 122 valence electrons. The van der Waals surface area contributed by atoms with E-state index in [0.717, 1.165) is 0 Å². The molecule has 0 aliphatic carbocycles. The van der Waals surface area contributed by atoms with E-state index in [1.54, 1.807) is 17.0 Å². The van der Waals surface area contributed by atoms with Gasteiger partial charge in [-0.25, -0.2) is 8.42 Å². The maximum absolute atomic E-state index is 12.6. The van der Waals surface area contributed by atoms with E-state index in [0.29, 0.717) is 38.3 Å². The number of benzene rings is 1. The summed E-state index contributed by atoms with van der Waals surface area (Å²) >= 11 is 0. The lowest BCUT2D eigenvalue weighted by Crippen LogP contribution is -2.36. The average Bonchev–Trinajstić information content (AvgIpc) is 2.72. The number of carbonyl (C=O) groups is 1. The first-order chi connectivity index (χ1) is 10.4. The summed E-state index contributed by atoms with van der Waals surface area (Å²) in [6.45, 7) is 1.63. The molecule has 0 atom stereocenters. The third-order valence-electron chi connectivity index (χ3n) is 3.60. The summed E-state index contributed by atoms with van der Waals surface area (Å²) < 4.78 is 31.7. The molecule has 0 saturated carbocycles. The Hall–Kier alpha value is -1.64. The molecule has 0 bridgehead atoms. The van der Waals surface area contributed by atoms with E-state index >= 15 is 0 Å². The quantitative estimate of drug-likeness (QED) is 0.846. The number of carboxylic acid groups (broad SMARTS) is 1. The Morgan fingerprint density at radius 3 is 2.45 bits per heavy atom. The normalized spacial score (nSPS) is 17.9. The molecule has 22 heavy (non-hydrogen) atoms. The smallest absolute Gasteiger partial charge is 0.317 e. The van der Waals surface area contributed by atoms with Gasteiger partial charge >= 0.3 is 5.97 Å². The molecule has 0 aromatic heterocycles. The van der Waals surface area contributed by atoms with Crippen LogP contribution in [-0.4, -0.2) is 68.5 Å². The first-order valence-corrected chi connectivity index (χ1v) is 8.46. The Balaban J connectivity index is 2.10. The van der Waals surface area contributed by atoms with E-state index in [4.69, 9.17) is 9.84 Å². The summed E-state index contributed by atoms with van der Waals surface area (Å²) in [4.78, 5) is 12.7. The van der Waals surface area contributed by atoms with Crippen LogP contribution in [-0.2, 0) is 14.8 Å². The Labute approximate surface area is 130 Å². The molecule has 1 aliphatic heterocycles. The van der Waals surface area contributed by atoms with Gasteiger partial charge in [-0.15, -0.1) is 0 Å². The summed E-state index contributed by atoms with van der Waals surface area (Å²) in [5.74, 6) is -0.297. The van der Waals surface area contributed by atoms with Crippen LogP contribution in [0.4, 0.5) is 0 Å². The first-order valence-electron chi connectivity index (χ1n) is 7.02. The van der Waals surface area contributed by atoms with E-state index in [1.165, 1.54) is 23.5 Å². The van der Waals surface area contributed by atoms with Crippen LogP contribution in [0.1, 0.15) is 6.42 Å². The van der Waals surface area contributed by atoms with Crippen molar-refractivity contribution in [1.29, 1.82) is 0 Å². The molecular weight excluding hydrogens is 308 g/mol. The van der Waals surface area contributed by atoms with Crippen molar-refractivity contribution >= 4 is 16.0 Å². The monoisotopic (exact) mass is 328 g/mol. The molecule has 1 aromatic rings. The van der Waals surface area contributed by atoms with Gasteiger partial charge in [0.1, 0.15) is 5.75 Å². The lowest BCUT2D eigenvalue weighted by Gasteiger charge is -2.21. The topological polar surface area (TPSA) is 87.2 Å². The third kappa shape index (κ3) is 3.96. The first kappa shape index (κ1) is 16.7. The molecule has 1 heterocycles. The predicted octanol–water partition coefficient (Wildman–Crippen LogP) is 0.476. The van der Waals surface area contributed by atoms with Crippen LogP contribution in [0.25, 0.3) is 0 Å². The molecular formula is C14H20N2O5S. The standard InChI is InChI=1S/C14H20N2O5S/c1-21-12-3-5-13(6-4-12)22(19,20)16-8-2-7-15(9-10-16)11-14(17)18/h3-6H,2,7-11H2,1H3,(H,17,18). The van der Waals surface area contributed by atoms with Crippen molar-refractivity contribution in [3.05, 3.63) is 24.3 Å². The number of rotatable bonds is 5. The Bertz CT molecular complexity index is 615.